The molecule has 15 heavy (non-hydrogen) atoms. The predicted octanol–water partition coefficient (Wildman–Crippen LogP) is 2.48. The summed E-state index contributed by atoms with van der Waals surface area (Å²) in [5.41, 5.74) is 5.69. The van der Waals surface area contributed by atoms with E-state index >= 15 is 0 Å². The third kappa shape index (κ3) is 2.34. The molecule has 0 unspecified atom stereocenters. The van der Waals surface area contributed by atoms with E-state index in [0.29, 0.717) is 17.6 Å². The average molecular weight is 227 g/mol. The Labute approximate surface area is 94.0 Å². The molecule has 0 atom stereocenters. The minimum Gasteiger partial charge on any atom is -0.490 e. The summed E-state index contributed by atoms with van der Waals surface area (Å²) < 4.78 is 9.30. The molecule has 0 radical (unpaired) electrons. The minimum atomic E-state index is 0.487. The second-order valence-corrected chi connectivity index (χ2v) is 4.68. The van der Waals surface area contributed by atoms with Crippen molar-refractivity contribution < 1.29 is 4.74 Å². The Morgan fingerprint density at radius 1 is 1.40 bits per heavy atom. The van der Waals surface area contributed by atoms with Crippen LogP contribution >= 0.6 is 11.5 Å². The molecular weight excluding hydrogens is 210 g/mol. The molecule has 0 aliphatic heterocycles. The summed E-state index contributed by atoms with van der Waals surface area (Å²) in [5, 5.41) is 4.45. The van der Waals surface area contributed by atoms with Crippen LogP contribution in [-0.2, 0) is 0 Å². The zero-order valence-electron chi connectivity index (χ0n) is 8.95. The van der Waals surface area contributed by atoms with Crippen molar-refractivity contribution in [2.75, 3.05) is 18.2 Å². The minimum absolute atomic E-state index is 0.487. The highest BCUT2D eigenvalue weighted by molar-refractivity contribution is 7.11. The van der Waals surface area contributed by atoms with Crippen LogP contribution in [0.15, 0.2) is 0 Å². The molecule has 1 aromatic rings. The highest BCUT2D eigenvalue weighted by atomic mass is 32.1. The number of aromatic nitrogens is 1. The first kappa shape index (κ1) is 10.5. The van der Waals surface area contributed by atoms with Crippen molar-refractivity contribution in [1.29, 1.82) is 0 Å². The molecule has 1 aromatic heterocycles. The fraction of sp³-hybridized carbons (Fsp3) is 0.700. The summed E-state index contributed by atoms with van der Waals surface area (Å²) in [6.07, 6.45) is 6.46. The van der Waals surface area contributed by atoms with Gasteiger partial charge in [0.05, 0.1) is 7.11 Å². The number of nitrogens with zero attached hydrogens (tertiary/aromatic N) is 1. The highest BCUT2D eigenvalue weighted by Gasteiger charge is 2.18. The number of hydrogen-bond donors (Lipinski definition) is 2. The monoisotopic (exact) mass is 227 g/mol. The van der Waals surface area contributed by atoms with E-state index in [0.717, 1.165) is 5.00 Å². The Morgan fingerprint density at radius 2 is 2.13 bits per heavy atom. The number of rotatable bonds is 3. The third-order valence-corrected chi connectivity index (χ3v) is 3.59. The standard InChI is InChI=1S/C10H17N3OS/c1-14-8-9(11)13-15-10(8)12-7-5-3-2-4-6-7/h7,12H,2-6H2,1H3,(H2,11,13). The molecule has 4 nitrogen and oxygen atoms in total. The summed E-state index contributed by atoms with van der Waals surface area (Å²) in [7, 11) is 1.63. The van der Waals surface area contributed by atoms with Crippen molar-refractivity contribution in [3.8, 4) is 5.75 Å². The van der Waals surface area contributed by atoms with Crippen LogP contribution in [0, 0.1) is 0 Å². The van der Waals surface area contributed by atoms with Gasteiger partial charge in [-0.25, -0.2) is 0 Å². The van der Waals surface area contributed by atoms with E-state index < -0.39 is 0 Å². The summed E-state index contributed by atoms with van der Waals surface area (Å²) in [4.78, 5) is 0. The van der Waals surface area contributed by atoms with Gasteiger partial charge in [0.2, 0.25) is 0 Å². The van der Waals surface area contributed by atoms with Crippen LogP contribution in [0.1, 0.15) is 32.1 Å². The quantitative estimate of drug-likeness (QED) is 0.832. The number of ether oxygens (including phenoxy) is 1. The Balaban J connectivity index is 2.02. The summed E-state index contributed by atoms with van der Waals surface area (Å²) >= 11 is 1.38. The van der Waals surface area contributed by atoms with Crippen LogP contribution in [0.5, 0.6) is 5.75 Å². The number of nitrogen functional groups attached to an aromatic ring is 1. The Kier molecular flexibility index (Phi) is 3.30. The summed E-state index contributed by atoms with van der Waals surface area (Å²) in [5.74, 6) is 1.19. The van der Waals surface area contributed by atoms with E-state index in [1.807, 2.05) is 0 Å². The molecule has 1 fully saturated rings. The molecule has 0 spiro atoms. The van der Waals surface area contributed by atoms with Crippen LogP contribution in [-0.4, -0.2) is 17.5 Å². The molecule has 0 amide bonds. The largest absolute Gasteiger partial charge is 0.490 e. The van der Waals surface area contributed by atoms with Gasteiger partial charge in [-0.2, -0.15) is 4.37 Å². The zero-order chi connectivity index (χ0) is 10.7. The predicted molar refractivity (Wildman–Crippen MR) is 63.6 cm³/mol. The van der Waals surface area contributed by atoms with Gasteiger partial charge in [0.1, 0.15) is 0 Å². The molecule has 3 N–H and O–H groups in total. The van der Waals surface area contributed by atoms with Gasteiger partial charge in [0.25, 0.3) is 0 Å². The highest BCUT2D eigenvalue weighted by Crippen LogP contribution is 2.36. The Bertz CT molecular complexity index is 320. The summed E-state index contributed by atoms with van der Waals surface area (Å²) in [6.45, 7) is 0. The van der Waals surface area contributed by atoms with Crippen LogP contribution < -0.4 is 15.8 Å². The normalized spacial score (nSPS) is 17.7. The van der Waals surface area contributed by atoms with Crippen molar-refractivity contribution in [1.82, 2.24) is 4.37 Å². The van der Waals surface area contributed by atoms with Gasteiger partial charge in [-0.1, -0.05) is 19.3 Å². The molecule has 1 aliphatic carbocycles. The molecule has 0 saturated heterocycles. The molecule has 0 bridgehead atoms. The average Bonchev–Trinajstić information content (AvgIpc) is 2.61. The fourth-order valence-corrected chi connectivity index (χ4v) is 2.78. The summed E-state index contributed by atoms with van der Waals surface area (Å²) in [6, 6.07) is 0.562. The lowest BCUT2D eigenvalue weighted by Gasteiger charge is -2.23. The van der Waals surface area contributed by atoms with Crippen molar-refractivity contribution in [2.24, 2.45) is 0 Å². The number of hydrogen-bond acceptors (Lipinski definition) is 5. The molecule has 5 heteroatoms. The van der Waals surface area contributed by atoms with Crippen molar-refractivity contribution >= 4 is 22.4 Å². The molecule has 1 saturated carbocycles. The van der Waals surface area contributed by atoms with Gasteiger partial charge in [-0.05, 0) is 24.4 Å². The molecular formula is C10H17N3OS. The maximum atomic E-state index is 5.69. The molecule has 1 heterocycles. The van der Waals surface area contributed by atoms with Gasteiger partial charge in [-0.3, -0.25) is 0 Å². The maximum Gasteiger partial charge on any atom is 0.197 e. The second-order valence-electron chi connectivity index (χ2n) is 3.91. The van der Waals surface area contributed by atoms with E-state index in [-0.39, 0.29) is 0 Å². The van der Waals surface area contributed by atoms with E-state index in [4.69, 9.17) is 10.5 Å². The number of anilines is 2. The van der Waals surface area contributed by atoms with Crippen LogP contribution in [0.4, 0.5) is 10.8 Å². The third-order valence-electron chi connectivity index (χ3n) is 2.82. The van der Waals surface area contributed by atoms with Crippen LogP contribution in [0.25, 0.3) is 0 Å². The maximum absolute atomic E-state index is 5.69. The molecule has 84 valence electrons. The van der Waals surface area contributed by atoms with E-state index in [2.05, 4.69) is 9.69 Å². The van der Waals surface area contributed by atoms with Crippen LogP contribution in [0.3, 0.4) is 0 Å². The lowest BCUT2D eigenvalue weighted by molar-refractivity contribution is 0.416. The zero-order valence-corrected chi connectivity index (χ0v) is 9.77. The topological polar surface area (TPSA) is 60.2 Å². The number of methoxy groups -OCH3 is 1. The molecule has 2 rings (SSSR count). The second kappa shape index (κ2) is 4.70. The van der Waals surface area contributed by atoms with Crippen molar-refractivity contribution in [3.05, 3.63) is 0 Å². The lowest BCUT2D eigenvalue weighted by Crippen LogP contribution is -2.21. The molecule has 0 aromatic carbocycles. The molecule has 1 aliphatic rings. The first-order chi connectivity index (χ1) is 7.31. The van der Waals surface area contributed by atoms with Gasteiger partial charge < -0.3 is 15.8 Å². The van der Waals surface area contributed by atoms with Crippen molar-refractivity contribution in [2.45, 2.75) is 38.1 Å². The number of nitrogens with one attached hydrogen (secondary N) is 1. The fourth-order valence-electron chi connectivity index (χ4n) is 2.02. The Hall–Kier alpha value is -0.970. The van der Waals surface area contributed by atoms with Crippen LogP contribution in [0.2, 0.25) is 0 Å². The lowest BCUT2D eigenvalue weighted by atomic mass is 9.96. The first-order valence-corrected chi connectivity index (χ1v) is 6.14. The van der Waals surface area contributed by atoms with E-state index in [1.165, 1.54) is 43.6 Å². The smallest absolute Gasteiger partial charge is 0.197 e. The van der Waals surface area contributed by atoms with E-state index in [1.54, 1.807) is 7.11 Å². The van der Waals surface area contributed by atoms with Crippen molar-refractivity contribution in [3.63, 3.8) is 0 Å². The van der Waals surface area contributed by atoms with Gasteiger partial charge >= 0.3 is 0 Å². The number of nitrogens with two attached hydrogens (primary N) is 1. The Morgan fingerprint density at radius 3 is 2.80 bits per heavy atom. The van der Waals surface area contributed by atoms with Gasteiger partial charge in [0.15, 0.2) is 16.6 Å². The van der Waals surface area contributed by atoms with E-state index in [9.17, 15) is 0 Å². The van der Waals surface area contributed by atoms with Gasteiger partial charge in [-0.15, -0.1) is 0 Å². The van der Waals surface area contributed by atoms with Gasteiger partial charge in [0, 0.05) is 6.04 Å². The first-order valence-electron chi connectivity index (χ1n) is 5.37. The SMILES string of the molecule is COc1c(N)nsc1NC1CCCCC1.